The molecule has 2 N–H and O–H groups in total. The molecule has 0 bridgehead atoms. The molecule has 0 radical (unpaired) electrons. The first kappa shape index (κ1) is 21.5. The quantitative estimate of drug-likeness (QED) is 0.494. The number of amides is 1. The van der Waals surface area contributed by atoms with Crippen LogP contribution in [0.5, 0.6) is 11.5 Å². The second-order valence-electron chi connectivity index (χ2n) is 6.93. The van der Waals surface area contributed by atoms with Gasteiger partial charge in [0.25, 0.3) is 5.91 Å². The lowest BCUT2D eigenvalue weighted by Gasteiger charge is -2.14. The molecule has 0 aliphatic rings. The van der Waals surface area contributed by atoms with Crippen LogP contribution in [0.15, 0.2) is 60.7 Å². The van der Waals surface area contributed by atoms with Gasteiger partial charge in [-0.1, -0.05) is 29.8 Å². The van der Waals surface area contributed by atoms with E-state index < -0.39 is 0 Å². The maximum absolute atomic E-state index is 12.3. The van der Waals surface area contributed by atoms with Gasteiger partial charge in [0.05, 0.1) is 7.11 Å². The number of hydrogen-bond donors (Lipinski definition) is 2. The fraction of sp³-hybridized carbons (Fsp3) is 0.208. The van der Waals surface area contributed by atoms with Crippen LogP contribution in [0.4, 0.5) is 11.4 Å². The van der Waals surface area contributed by atoms with Crippen molar-refractivity contribution in [2.24, 2.45) is 0 Å². The van der Waals surface area contributed by atoms with Crippen LogP contribution in [0.2, 0.25) is 5.02 Å². The minimum absolute atomic E-state index is 0.105. The highest BCUT2D eigenvalue weighted by Gasteiger charge is 2.10. The largest absolute Gasteiger partial charge is 0.493 e. The van der Waals surface area contributed by atoms with Gasteiger partial charge in [-0.3, -0.25) is 4.79 Å². The summed E-state index contributed by atoms with van der Waals surface area (Å²) in [4.78, 5) is 12.3. The number of anilines is 2. The van der Waals surface area contributed by atoms with Crippen LogP contribution < -0.4 is 20.1 Å². The maximum Gasteiger partial charge on any atom is 0.262 e. The smallest absolute Gasteiger partial charge is 0.262 e. The Morgan fingerprint density at radius 3 is 2.50 bits per heavy atom. The van der Waals surface area contributed by atoms with Crippen LogP contribution in [-0.2, 0) is 11.3 Å². The van der Waals surface area contributed by atoms with Crippen LogP contribution >= 0.6 is 11.6 Å². The van der Waals surface area contributed by atoms with Crippen LogP contribution in [0.3, 0.4) is 0 Å². The lowest BCUT2D eigenvalue weighted by Crippen LogP contribution is -2.21. The average Bonchev–Trinajstić information content (AvgIpc) is 2.75. The molecule has 0 heterocycles. The van der Waals surface area contributed by atoms with E-state index in [1.807, 2.05) is 74.5 Å². The van der Waals surface area contributed by atoms with Crippen molar-refractivity contribution >= 4 is 28.9 Å². The number of hydrogen-bond acceptors (Lipinski definition) is 4. The van der Waals surface area contributed by atoms with E-state index in [1.54, 1.807) is 7.11 Å². The van der Waals surface area contributed by atoms with E-state index in [9.17, 15) is 4.79 Å². The van der Waals surface area contributed by atoms with Gasteiger partial charge in [-0.15, -0.1) is 0 Å². The van der Waals surface area contributed by atoms with Crippen LogP contribution in [0.25, 0.3) is 0 Å². The summed E-state index contributed by atoms with van der Waals surface area (Å²) in [5, 5.41) is 6.91. The highest BCUT2D eigenvalue weighted by Crippen LogP contribution is 2.28. The molecule has 6 heteroatoms. The molecule has 3 aromatic rings. The third-order valence-electron chi connectivity index (χ3n) is 4.81. The van der Waals surface area contributed by atoms with E-state index in [2.05, 4.69) is 10.6 Å². The van der Waals surface area contributed by atoms with E-state index in [4.69, 9.17) is 21.1 Å². The molecule has 0 saturated carbocycles. The molecule has 0 unspecified atom stereocenters. The third kappa shape index (κ3) is 5.67. The molecule has 3 rings (SSSR count). The molecule has 0 fully saturated rings. The normalized spacial score (nSPS) is 10.4. The van der Waals surface area contributed by atoms with Crippen LogP contribution in [0, 0.1) is 13.8 Å². The number of rotatable bonds is 8. The molecule has 0 aliphatic carbocycles. The predicted octanol–water partition coefficient (Wildman–Crippen LogP) is 5.60. The summed E-state index contributed by atoms with van der Waals surface area (Å²) in [7, 11) is 1.58. The molecule has 156 valence electrons. The van der Waals surface area contributed by atoms with Gasteiger partial charge >= 0.3 is 0 Å². The Kier molecular flexibility index (Phi) is 7.20. The molecule has 0 aliphatic heterocycles. The van der Waals surface area contributed by atoms with E-state index in [0.29, 0.717) is 23.1 Å². The summed E-state index contributed by atoms with van der Waals surface area (Å²) < 4.78 is 11.1. The summed E-state index contributed by atoms with van der Waals surface area (Å²) in [6.07, 6.45) is 0. The SMILES string of the molecule is COc1cc(CNc2ccc(Cl)cc2)ccc1OCC(=O)Nc1cccc(C)c1C. The standard InChI is InChI=1S/C24H25ClN2O3/c1-16-5-4-6-21(17(16)2)27-24(28)15-30-22-12-7-18(13-23(22)29-3)14-26-20-10-8-19(25)9-11-20/h4-13,26H,14-15H2,1-3H3,(H,27,28). The molecule has 30 heavy (non-hydrogen) atoms. The maximum atomic E-state index is 12.3. The highest BCUT2D eigenvalue weighted by atomic mass is 35.5. The van der Waals surface area contributed by atoms with E-state index in [-0.39, 0.29) is 12.5 Å². The fourth-order valence-corrected chi connectivity index (χ4v) is 3.06. The summed E-state index contributed by atoms with van der Waals surface area (Å²) in [6, 6.07) is 19.0. The van der Waals surface area contributed by atoms with Crippen molar-refractivity contribution in [3.63, 3.8) is 0 Å². The number of benzene rings is 3. The van der Waals surface area contributed by atoms with Gasteiger partial charge in [0.1, 0.15) is 0 Å². The number of carbonyl (C=O) groups is 1. The first-order valence-electron chi connectivity index (χ1n) is 9.61. The number of methoxy groups -OCH3 is 1. The predicted molar refractivity (Wildman–Crippen MR) is 122 cm³/mol. The van der Waals surface area contributed by atoms with E-state index >= 15 is 0 Å². The van der Waals surface area contributed by atoms with Gasteiger partial charge in [-0.05, 0) is 73.0 Å². The monoisotopic (exact) mass is 424 g/mol. The Hall–Kier alpha value is -3.18. The van der Waals surface area contributed by atoms with Crippen molar-refractivity contribution in [3.05, 3.63) is 82.4 Å². The van der Waals surface area contributed by atoms with Crippen molar-refractivity contribution < 1.29 is 14.3 Å². The van der Waals surface area contributed by atoms with Crippen molar-refractivity contribution in [3.8, 4) is 11.5 Å². The van der Waals surface area contributed by atoms with Gasteiger partial charge in [-0.25, -0.2) is 0 Å². The summed E-state index contributed by atoms with van der Waals surface area (Å²) in [5.74, 6) is 0.869. The second-order valence-corrected chi connectivity index (χ2v) is 7.37. The molecular weight excluding hydrogens is 400 g/mol. The highest BCUT2D eigenvalue weighted by molar-refractivity contribution is 6.30. The van der Waals surface area contributed by atoms with Crippen molar-refractivity contribution in [1.29, 1.82) is 0 Å². The molecule has 0 saturated heterocycles. The minimum atomic E-state index is -0.223. The Morgan fingerprint density at radius 2 is 1.77 bits per heavy atom. The number of nitrogens with one attached hydrogen (secondary N) is 2. The van der Waals surface area contributed by atoms with Gasteiger partial charge < -0.3 is 20.1 Å². The summed E-state index contributed by atoms with van der Waals surface area (Å²) >= 11 is 5.91. The van der Waals surface area contributed by atoms with Gasteiger partial charge in [0.15, 0.2) is 18.1 Å². The van der Waals surface area contributed by atoms with Crippen molar-refractivity contribution in [2.45, 2.75) is 20.4 Å². The average molecular weight is 425 g/mol. The zero-order chi connectivity index (χ0) is 21.5. The first-order valence-corrected chi connectivity index (χ1v) is 9.99. The summed E-state index contributed by atoms with van der Waals surface area (Å²) in [5.41, 5.74) is 4.95. The Balaban J connectivity index is 1.58. The molecule has 5 nitrogen and oxygen atoms in total. The second kappa shape index (κ2) is 10.0. The zero-order valence-electron chi connectivity index (χ0n) is 17.3. The van der Waals surface area contributed by atoms with Crippen molar-refractivity contribution in [2.75, 3.05) is 24.4 Å². The Morgan fingerprint density at radius 1 is 1.00 bits per heavy atom. The minimum Gasteiger partial charge on any atom is -0.493 e. The first-order chi connectivity index (χ1) is 14.5. The number of carbonyl (C=O) groups excluding carboxylic acids is 1. The van der Waals surface area contributed by atoms with Gasteiger partial charge in [0.2, 0.25) is 0 Å². The zero-order valence-corrected chi connectivity index (χ0v) is 18.0. The molecule has 3 aromatic carbocycles. The van der Waals surface area contributed by atoms with Gasteiger partial charge in [-0.2, -0.15) is 0 Å². The molecule has 0 aromatic heterocycles. The van der Waals surface area contributed by atoms with Crippen LogP contribution in [-0.4, -0.2) is 19.6 Å². The lowest BCUT2D eigenvalue weighted by atomic mass is 10.1. The molecule has 0 spiro atoms. The Labute approximate surface area is 182 Å². The molecular formula is C24H25ClN2O3. The number of aryl methyl sites for hydroxylation is 1. The Bertz CT molecular complexity index is 1020. The van der Waals surface area contributed by atoms with Crippen LogP contribution in [0.1, 0.15) is 16.7 Å². The topological polar surface area (TPSA) is 59.6 Å². The summed E-state index contributed by atoms with van der Waals surface area (Å²) in [6.45, 7) is 4.50. The van der Waals surface area contributed by atoms with E-state index in [1.165, 1.54) is 0 Å². The molecule has 1 amide bonds. The molecule has 0 atom stereocenters. The van der Waals surface area contributed by atoms with Crippen molar-refractivity contribution in [1.82, 2.24) is 0 Å². The van der Waals surface area contributed by atoms with Gasteiger partial charge in [0, 0.05) is 22.9 Å². The fourth-order valence-electron chi connectivity index (χ4n) is 2.93. The lowest BCUT2D eigenvalue weighted by molar-refractivity contribution is -0.118. The third-order valence-corrected chi connectivity index (χ3v) is 5.06. The van der Waals surface area contributed by atoms with E-state index in [0.717, 1.165) is 28.1 Å². The number of ether oxygens (including phenoxy) is 2. The number of halogens is 1.